The van der Waals surface area contributed by atoms with E-state index in [1.165, 1.54) is 0 Å². The number of fused-ring (bicyclic) bond motifs is 2. The molecule has 6 heterocycles. The first-order valence-electron chi connectivity index (χ1n) is 9.09. The second-order valence-corrected chi connectivity index (χ2v) is 7.48. The summed E-state index contributed by atoms with van der Waals surface area (Å²) in [6, 6.07) is 5.53. The van der Waals surface area contributed by atoms with Crippen LogP contribution in [0.15, 0.2) is 59.9 Å². The molecule has 0 aromatic carbocycles. The number of imidazole rings is 1. The van der Waals surface area contributed by atoms with Gasteiger partial charge in [-0.1, -0.05) is 0 Å². The Bertz CT molecular complexity index is 1500. The van der Waals surface area contributed by atoms with Gasteiger partial charge in [-0.2, -0.15) is 16.4 Å². The van der Waals surface area contributed by atoms with Crippen LogP contribution in [-0.4, -0.2) is 35.1 Å². The number of rotatable bonds is 3. The molecule has 6 aromatic rings. The Kier molecular flexibility index (Phi) is 3.68. The quantitative estimate of drug-likeness (QED) is 0.433. The van der Waals surface area contributed by atoms with Gasteiger partial charge in [0.25, 0.3) is 0 Å². The van der Waals surface area contributed by atoms with Crippen LogP contribution in [0.2, 0.25) is 0 Å². The fourth-order valence-corrected chi connectivity index (χ4v) is 4.18. The van der Waals surface area contributed by atoms with Crippen LogP contribution in [0.25, 0.3) is 55.8 Å². The van der Waals surface area contributed by atoms with E-state index >= 15 is 4.39 Å². The summed E-state index contributed by atoms with van der Waals surface area (Å²) in [6.07, 6.45) is 8.27. The number of pyridine rings is 3. The van der Waals surface area contributed by atoms with Crippen molar-refractivity contribution in [2.24, 2.45) is 0 Å². The predicted molar refractivity (Wildman–Crippen MR) is 113 cm³/mol. The molecule has 0 saturated heterocycles. The summed E-state index contributed by atoms with van der Waals surface area (Å²) >= 11 is 1.61. The van der Waals surface area contributed by atoms with Crippen LogP contribution in [0.1, 0.15) is 0 Å². The van der Waals surface area contributed by atoms with Crippen molar-refractivity contribution in [2.45, 2.75) is 0 Å². The van der Waals surface area contributed by atoms with E-state index in [4.69, 9.17) is 4.98 Å². The summed E-state index contributed by atoms with van der Waals surface area (Å²) in [5, 5.41) is 11.5. The zero-order valence-corrected chi connectivity index (χ0v) is 16.1. The third kappa shape index (κ3) is 2.52. The lowest BCUT2D eigenvalue weighted by Crippen LogP contribution is -1.92. The minimum absolute atomic E-state index is 0.218. The first kappa shape index (κ1) is 16.9. The minimum Gasteiger partial charge on any atom is -0.335 e. The molecular formula is C21H12FN7S. The molecule has 0 radical (unpaired) electrons. The monoisotopic (exact) mass is 413 g/mol. The van der Waals surface area contributed by atoms with E-state index in [9.17, 15) is 0 Å². The number of hydrogen-bond acceptors (Lipinski definition) is 6. The molecule has 0 fully saturated rings. The number of halogens is 1. The zero-order valence-electron chi connectivity index (χ0n) is 15.3. The molecule has 0 atom stereocenters. The fourth-order valence-electron chi connectivity index (χ4n) is 3.52. The van der Waals surface area contributed by atoms with Crippen molar-refractivity contribution < 1.29 is 4.39 Å². The normalized spacial score (nSPS) is 11.5. The van der Waals surface area contributed by atoms with Crippen LogP contribution in [0.4, 0.5) is 4.39 Å². The zero-order chi connectivity index (χ0) is 20.1. The van der Waals surface area contributed by atoms with Crippen LogP contribution < -0.4 is 0 Å². The van der Waals surface area contributed by atoms with E-state index in [0.717, 1.165) is 22.2 Å². The van der Waals surface area contributed by atoms with Gasteiger partial charge in [0.2, 0.25) is 0 Å². The highest BCUT2D eigenvalue weighted by atomic mass is 32.1. The molecule has 0 aliphatic rings. The van der Waals surface area contributed by atoms with Crippen molar-refractivity contribution >= 4 is 33.3 Å². The van der Waals surface area contributed by atoms with Gasteiger partial charge >= 0.3 is 0 Å². The van der Waals surface area contributed by atoms with E-state index < -0.39 is 5.82 Å². The average molecular weight is 413 g/mol. The van der Waals surface area contributed by atoms with Crippen molar-refractivity contribution in [1.29, 1.82) is 0 Å². The Labute approximate surface area is 172 Å². The molecule has 2 N–H and O–H groups in total. The first-order chi connectivity index (χ1) is 14.8. The lowest BCUT2D eigenvalue weighted by atomic mass is 10.1. The maximum Gasteiger partial charge on any atom is 0.161 e. The molecule has 144 valence electrons. The largest absolute Gasteiger partial charge is 0.335 e. The number of aromatic amines is 2. The van der Waals surface area contributed by atoms with Gasteiger partial charge in [-0.3, -0.25) is 20.1 Å². The molecule has 30 heavy (non-hydrogen) atoms. The second kappa shape index (κ2) is 6.53. The molecule has 6 rings (SSSR count). The number of thiophene rings is 1. The highest BCUT2D eigenvalue weighted by Gasteiger charge is 2.21. The minimum atomic E-state index is -0.471. The van der Waals surface area contributed by atoms with Crippen LogP contribution in [0, 0.1) is 5.82 Å². The number of hydrogen-bond donors (Lipinski definition) is 2. The molecule has 0 aliphatic heterocycles. The standard InChI is InChI=1S/C21H12FN7S/c22-17-16-14(9-25-18(17)11-2-1-4-23-6-11)28-29-20(16)21-26-15-8-24-7-13(19(15)27-21)12-3-5-30-10-12/h1-10H,(H,26,27)(H,28,29). The highest BCUT2D eigenvalue weighted by molar-refractivity contribution is 7.08. The first-order valence-corrected chi connectivity index (χ1v) is 10.0. The Hall–Kier alpha value is -3.98. The lowest BCUT2D eigenvalue weighted by molar-refractivity contribution is 0.638. The van der Waals surface area contributed by atoms with Gasteiger partial charge in [0.1, 0.15) is 16.9 Å². The topological polar surface area (TPSA) is 96.0 Å². The van der Waals surface area contributed by atoms with Gasteiger partial charge in [-0.05, 0) is 34.5 Å². The SMILES string of the molecule is Fc1c(-c2cccnc2)ncc2[nH]nc(-c3nc4c(-c5ccsc5)cncc4[nH]3)c12. The van der Waals surface area contributed by atoms with Crippen molar-refractivity contribution in [2.75, 3.05) is 0 Å². The maximum absolute atomic E-state index is 15.5. The average Bonchev–Trinajstić information content (AvgIpc) is 3.53. The predicted octanol–water partition coefficient (Wildman–Crippen LogP) is 4.83. The van der Waals surface area contributed by atoms with Crippen LogP contribution in [0.5, 0.6) is 0 Å². The molecule has 6 aromatic heterocycles. The molecule has 0 unspecified atom stereocenters. The van der Waals surface area contributed by atoms with Crippen LogP contribution >= 0.6 is 11.3 Å². The molecule has 0 spiro atoms. The molecule has 0 saturated carbocycles. The number of H-pyrrole nitrogens is 2. The Morgan fingerprint density at radius 1 is 0.933 bits per heavy atom. The van der Waals surface area contributed by atoms with Crippen molar-refractivity contribution in [3.63, 3.8) is 0 Å². The molecule has 7 nitrogen and oxygen atoms in total. The van der Waals surface area contributed by atoms with Crippen LogP contribution in [0.3, 0.4) is 0 Å². The number of aromatic nitrogens is 7. The van der Waals surface area contributed by atoms with E-state index in [0.29, 0.717) is 28.0 Å². The van der Waals surface area contributed by atoms with Crippen molar-refractivity contribution in [3.8, 4) is 33.9 Å². The van der Waals surface area contributed by atoms with Gasteiger partial charge in [0.05, 0.1) is 28.8 Å². The van der Waals surface area contributed by atoms with E-state index in [1.54, 1.807) is 54.5 Å². The third-order valence-electron chi connectivity index (χ3n) is 4.93. The summed E-state index contributed by atoms with van der Waals surface area (Å²) in [7, 11) is 0. The summed E-state index contributed by atoms with van der Waals surface area (Å²) < 4.78 is 15.5. The summed E-state index contributed by atoms with van der Waals surface area (Å²) in [4.78, 5) is 20.6. The molecular weight excluding hydrogens is 401 g/mol. The smallest absolute Gasteiger partial charge is 0.161 e. The van der Waals surface area contributed by atoms with Gasteiger partial charge < -0.3 is 4.98 Å². The Morgan fingerprint density at radius 3 is 2.73 bits per heavy atom. The van der Waals surface area contributed by atoms with E-state index in [-0.39, 0.29) is 5.69 Å². The highest BCUT2D eigenvalue weighted by Crippen LogP contribution is 2.34. The maximum atomic E-state index is 15.5. The summed E-state index contributed by atoms with van der Waals surface area (Å²) in [6.45, 7) is 0. The molecule has 0 aliphatic carbocycles. The number of nitrogens with one attached hydrogen (secondary N) is 2. The fraction of sp³-hybridized carbons (Fsp3) is 0. The van der Waals surface area contributed by atoms with Crippen molar-refractivity contribution in [3.05, 3.63) is 65.8 Å². The molecule has 9 heteroatoms. The van der Waals surface area contributed by atoms with E-state index in [2.05, 4.69) is 30.1 Å². The Morgan fingerprint density at radius 2 is 1.90 bits per heavy atom. The third-order valence-corrected chi connectivity index (χ3v) is 5.61. The van der Waals surface area contributed by atoms with Gasteiger partial charge in [-0.15, -0.1) is 0 Å². The second-order valence-electron chi connectivity index (χ2n) is 6.70. The number of nitrogens with zero attached hydrogens (tertiary/aromatic N) is 5. The van der Waals surface area contributed by atoms with Gasteiger partial charge in [-0.25, -0.2) is 9.37 Å². The summed E-state index contributed by atoms with van der Waals surface area (Å²) in [5.41, 5.74) is 5.16. The Balaban J connectivity index is 1.57. The van der Waals surface area contributed by atoms with Gasteiger partial charge in [0, 0.05) is 29.7 Å². The molecule has 0 amide bonds. The van der Waals surface area contributed by atoms with E-state index in [1.807, 2.05) is 16.8 Å². The van der Waals surface area contributed by atoms with Gasteiger partial charge in [0.15, 0.2) is 11.6 Å². The van der Waals surface area contributed by atoms with Crippen LogP contribution in [-0.2, 0) is 0 Å². The van der Waals surface area contributed by atoms with Crippen molar-refractivity contribution in [1.82, 2.24) is 35.1 Å². The summed E-state index contributed by atoms with van der Waals surface area (Å²) in [5.74, 6) is -0.0103. The lowest BCUT2D eigenvalue weighted by Gasteiger charge is -2.03. The molecule has 0 bridgehead atoms.